The maximum absolute atomic E-state index is 12.1. The van der Waals surface area contributed by atoms with E-state index in [1.165, 1.54) is 5.56 Å². The van der Waals surface area contributed by atoms with Crippen LogP contribution in [-0.4, -0.2) is 24.5 Å². The minimum Gasteiger partial charge on any atom is -0.327 e. The molecule has 0 bridgehead atoms. The average molecular weight is 347 g/mol. The molecule has 3 nitrogen and oxygen atoms in total. The quantitative estimate of drug-likeness (QED) is 0.870. The topological polar surface area (TPSA) is 32.3 Å². The first-order valence-electron chi connectivity index (χ1n) is 6.88. The van der Waals surface area contributed by atoms with Crippen LogP contribution in [-0.2, 0) is 6.42 Å². The van der Waals surface area contributed by atoms with E-state index in [2.05, 4.69) is 33.4 Å². The fourth-order valence-corrected chi connectivity index (χ4v) is 2.31. The van der Waals surface area contributed by atoms with Crippen molar-refractivity contribution >= 4 is 27.6 Å². The Morgan fingerprint density at radius 1 is 1.19 bits per heavy atom. The Morgan fingerprint density at radius 2 is 1.90 bits per heavy atom. The van der Waals surface area contributed by atoms with Crippen LogP contribution in [0.5, 0.6) is 0 Å². The Labute approximate surface area is 134 Å². The van der Waals surface area contributed by atoms with Gasteiger partial charge in [0.15, 0.2) is 0 Å². The molecule has 2 aromatic carbocycles. The highest BCUT2D eigenvalue weighted by Crippen LogP contribution is 2.20. The third-order valence-corrected chi connectivity index (χ3v) is 4.20. The van der Waals surface area contributed by atoms with Crippen molar-refractivity contribution in [3.8, 4) is 0 Å². The molecule has 2 amide bonds. The molecule has 2 rings (SSSR count). The summed E-state index contributed by atoms with van der Waals surface area (Å²) in [4.78, 5) is 13.8. The van der Waals surface area contributed by atoms with Crippen LogP contribution in [0.4, 0.5) is 10.5 Å². The van der Waals surface area contributed by atoms with E-state index in [1.807, 2.05) is 50.4 Å². The van der Waals surface area contributed by atoms with Crippen LogP contribution in [0.2, 0.25) is 0 Å². The molecule has 0 heterocycles. The predicted octanol–water partition coefficient (Wildman–Crippen LogP) is 4.46. The molecular formula is C17H19BrN2O. The van der Waals surface area contributed by atoms with E-state index in [9.17, 15) is 4.79 Å². The van der Waals surface area contributed by atoms with Crippen molar-refractivity contribution in [3.63, 3.8) is 0 Å². The van der Waals surface area contributed by atoms with Gasteiger partial charge in [-0.05, 0) is 36.6 Å². The summed E-state index contributed by atoms with van der Waals surface area (Å²) in [6.45, 7) is 2.70. The smallest absolute Gasteiger partial charge is 0.321 e. The van der Waals surface area contributed by atoms with Crippen LogP contribution in [0, 0.1) is 6.92 Å². The van der Waals surface area contributed by atoms with E-state index >= 15 is 0 Å². The summed E-state index contributed by atoms with van der Waals surface area (Å²) in [6.07, 6.45) is 0.850. The second-order valence-electron chi connectivity index (χ2n) is 5.05. The largest absolute Gasteiger partial charge is 0.327 e. The van der Waals surface area contributed by atoms with Gasteiger partial charge in [-0.2, -0.15) is 0 Å². The van der Waals surface area contributed by atoms with Crippen LogP contribution in [0.15, 0.2) is 53.0 Å². The number of hydrogen-bond acceptors (Lipinski definition) is 1. The van der Waals surface area contributed by atoms with E-state index < -0.39 is 0 Å². The molecule has 1 N–H and O–H groups in total. The van der Waals surface area contributed by atoms with Gasteiger partial charge in [0.2, 0.25) is 0 Å². The third-order valence-electron chi connectivity index (χ3n) is 3.35. The van der Waals surface area contributed by atoms with E-state index in [0.29, 0.717) is 6.54 Å². The highest BCUT2D eigenvalue weighted by Gasteiger charge is 2.09. The number of aryl methyl sites for hydroxylation is 1. The van der Waals surface area contributed by atoms with Crippen LogP contribution in [0.3, 0.4) is 0 Å². The second-order valence-corrected chi connectivity index (χ2v) is 5.91. The fourth-order valence-electron chi connectivity index (χ4n) is 1.93. The summed E-state index contributed by atoms with van der Waals surface area (Å²) in [6, 6.07) is 15.9. The average Bonchev–Trinajstić information content (AvgIpc) is 2.49. The predicted molar refractivity (Wildman–Crippen MR) is 90.7 cm³/mol. The summed E-state index contributed by atoms with van der Waals surface area (Å²) in [5.41, 5.74) is 3.17. The molecule has 0 fully saturated rings. The van der Waals surface area contributed by atoms with Crippen molar-refractivity contribution in [2.45, 2.75) is 13.3 Å². The van der Waals surface area contributed by atoms with Gasteiger partial charge in [0.05, 0.1) is 0 Å². The van der Waals surface area contributed by atoms with Crippen molar-refractivity contribution in [2.75, 3.05) is 18.9 Å². The lowest BCUT2D eigenvalue weighted by molar-refractivity contribution is 0.223. The highest BCUT2D eigenvalue weighted by atomic mass is 79.9. The minimum absolute atomic E-state index is 0.0957. The molecule has 0 aromatic heterocycles. The summed E-state index contributed by atoms with van der Waals surface area (Å²) in [5.74, 6) is 0. The molecule has 0 atom stereocenters. The lowest BCUT2D eigenvalue weighted by Gasteiger charge is -2.18. The molecule has 2 aromatic rings. The van der Waals surface area contributed by atoms with Crippen LogP contribution >= 0.6 is 15.9 Å². The molecule has 0 unspecified atom stereocenters. The Hall–Kier alpha value is -1.81. The lowest BCUT2D eigenvalue weighted by atomic mass is 10.1. The van der Waals surface area contributed by atoms with Gasteiger partial charge in [-0.15, -0.1) is 0 Å². The number of nitrogens with one attached hydrogen (secondary N) is 1. The van der Waals surface area contributed by atoms with Gasteiger partial charge in [0.25, 0.3) is 0 Å². The summed E-state index contributed by atoms with van der Waals surface area (Å²) < 4.78 is 0.993. The van der Waals surface area contributed by atoms with Crippen molar-refractivity contribution in [1.82, 2.24) is 4.90 Å². The number of halogens is 1. The first-order valence-corrected chi connectivity index (χ1v) is 7.68. The minimum atomic E-state index is -0.0957. The number of anilines is 1. The van der Waals surface area contributed by atoms with E-state index in [-0.39, 0.29) is 6.03 Å². The van der Waals surface area contributed by atoms with Gasteiger partial charge >= 0.3 is 6.03 Å². The molecule has 0 aliphatic rings. The summed E-state index contributed by atoms with van der Waals surface area (Å²) in [7, 11) is 1.81. The maximum Gasteiger partial charge on any atom is 0.321 e. The van der Waals surface area contributed by atoms with Gasteiger partial charge in [0.1, 0.15) is 0 Å². The number of amides is 2. The van der Waals surface area contributed by atoms with E-state index in [1.54, 1.807) is 4.90 Å². The lowest BCUT2D eigenvalue weighted by Crippen LogP contribution is -2.33. The SMILES string of the molecule is Cc1ccc(NC(=O)N(C)CCc2ccccc2)cc1Br. The molecular weight excluding hydrogens is 328 g/mol. The van der Waals surface area contributed by atoms with E-state index in [4.69, 9.17) is 0 Å². The summed E-state index contributed by atoms with van der Waals surface area (Å²) in [5, 5.41) is 2.90. The molecule has 0 spiro atoms. The first-order chi connectivity index (χ1) is 10.1. The molecule has 0 aliphatic heterocycles. The van der Waals surface area contributed by atoms with Crippen LogP contribution < -0.4 is 5.32 Å². The van der Waals surface area contributed by atoms with Gasteiger partial charge < -0.3 is 10.2 Å². The highest BCUT2D eigenvalue weighted by molar-refractivity contribution is 9.10. The van der Waals surface area contributed by atoms with Crippen molar-refractivity contribution < 1.29 is 4.79 Å². The molecule has 4 heteroatoms. The Kier molecular flexibility index (Phi) is 5.39. The Morgan fingerprint density at radius 3 is 2.57 bits per heavy atom. The first kappa shape index (κ1) is 15.6. The number of carbonyl (C=O) groups is 1. The zero-order chi connectivity index (χ0) is 15.2. The van der Waals surface area contributed by atoms with Gasteiger partial charge in [-0.3, -0.25) is 0 Å². The number of rotatable bonds is 4. The van der Waals surface area contributed by atoms with Gasteiger partial charge in [0, 0.05) is 23.8 Å². The number of urea groups is 1. The third kappa shape index (κ3) is 4.60. The van der Waals surface area contributed by atoms with Crippen LogP contribution in [0.1, 0.15) is 11.1 Å². The number of hydrogen-bond donors (Lipinski definition) is 1. The van der Waals surface area contributed by atoms with Gasteiger partial charge in [-0.1, -0.05) is 52.3 Å². The van der Waals surface area contributed by atoms with E-state index in [0.717, 1.165) is 22.1 Å². The van der Waals surface area contributed by atoms with Crippen molar-refractivity contribution in [1.29, 1.82) is 0 Å². The molecule has 0 radical (unpaired) electrons. The second kappa shape index (κ2) is 7.27. The number of nitrogens with zero attached hydrogens (tertiary/aromatic N) is 1. The number of carbonyl (C=O) groups excluding carboxylic acids is 1. The molecule has 110 valence electrons. The normalized spacial score (nSPS) is 10.2. The maximum atomic E-state index is 12.1. The fraction of sp³-hybridized carbons (Fsp3) is 0.235. The molecule has 0 saturated carbocycles. The van der Waals surface area contributed by atoms with Crippen molar-refractivity contribution in [2.24, 2.45) is 0 Å². The molecule has 0 aliphatic carbocycles. The number of likely N-dealkylation sites (N-methyl/N-ethyl adjacent to an activating group) is 1. The Balaban J connectivity index is 1.89. The standard InChI is InChI=1S/C17H19BrN2O/c1-13-8-9-15(12-16(13)18)19-17(21)20(2)11-10-14-6-4-3-5-7-14/h3-9,12H,10-11H2,1-2H3,(H,19,21). The zero-order valence-corrected chi connectivity index (χ0v) is 13.9. The van der Waals surface area contributed by atoms with Gasteiger partial charge in [-0.25, -0.2) is 4.79 Å². The monoisotopic (exact) mass is 346 g/mol. The zero-order valence-electron chi connectivity index (χ0n) is 12.3. The Bertz CT molecular complexity index is 613. The van der Waals surface area contributed by atoms with Crippen LogP contribution in [0.25, 0.3) is 0 Å². The molecule has 21 heavy (non-hydrogen) atoms. The van der Waals surface area contributed by atoms with Crippen molar-refractivity contribution in [3.05, 3.63) is 64.1 Å². The number of benzene rings is 2. The molecule has 0 saturated heterocycles. The summed E-state index contributed by atoms with van der Waals surface area (Å²) >= 11 is 3.47.